The molecule has 1 heterocycles. The van der Waals surface area contributed by atoms with Crippen LogP contribution in [-0.4, -0.2) is 30.1 Å². The van der Waals surface area contributed by atoms with Crippen molar-refractivity contribution in [2.45, 2.75) is 26.2 Å². The van der Waals surface area contributed by atoms with E-state index in [0.29, 0.717) is 30.8 Å². The Kier molecular flexibility index (Phi) is 6.60. The number of Topliss-reactive ketones (excluding diaryl/α,β-unsaturated/α-hetero) is 1. The molecule has 1 aromatic heterocycles. The molecule has 0 atom stereocenters. The average Bonchev–Trinajstić information content (AvgIpc) is 3.39. The van der Waals surface area contributed by atoms with Gasteiger partial charge in [0.1, 0.15) is 11.6 Å². The van der Waals surface area contributed by atoms with Crippen LogP contribution < -0.4 is 9.47 Å². The lowest BCUT2D eigenvalue weighted by Crippen LogP contribution is -2.02. The molecule has 0 amide bonds. The molecule has 0 fully saturated rings. The van der Waals surface area contributed by atoms with Gasteiger partial charge in [-0.2, -0.15) is 0 Å². The van der Waals surface area contributed by atoms with Gasteiger partial charge in [0.15, 0.2) is 11.5 Å². The summed E-state index contributed by atoms with van der Waals surface area (Å²) >= 11 is 1.47. The number of ether oxygens (including phenoxy) is 2. The number of hydrogen-bond acceptors (Lipinski definition) is 6. The van der Waals surface area contributed by atoms with E-state index in [-0.39, 0.29) is 17.3 Å². The highest BCUT2D eigenvalue weighted by Crippen LogP contribution is 2.45. The third kappa shape index (κ3) is 4.68. The summed E-state index contributed by atoms with van der Waals surface area (Å²) < 4.78 is 24.7. The van der Waals surface area contributed by atoms with E-state index >= 15 is 0 Å². The Labute approximate surface area is 195 Å². The molecule has 0 saturated carbocycles. The molecule has 33 heavy (non-hydrogen) atoms. The maximum Gasteiger partial charge on any atom is 0.200 e. The van der Waals surface area contributed by atoms with Crippen molar-refractivity contribution in [3.63, 3.8) is 0 Å². The van der Waals surface area contributed by atoms with Crippen molar-refractivity contribution in [3.8, 4) is 17.2 Å². The molecular formula is C26H24FNO4S. The second-order valence-corrected chi connectivity index (χ2v) is 8.78. The van der Waals surface area contributed by atoms with Crippen LogP contribution in [0.2, 0.25) is 0 Å². The van der Waals surface area contributed by atoms with E-state index in [1.807, 2.05) is 13.0 Å². The van der Waals surface area contributed by atoms with Gasteiger partial charge in [-0.15, -0.1) is 11.3 Å². The van der Waals surface area contributed by atoms with Gasteiger partial charge < -0.3 is 14.6 Å². The largest absolute Gasteiger partial charge is 0.502 e. The van der Waals surface area contributed by atoms with Crippen molar-refractivity contribution < 1.29 is 23.8 Å². The number of rotatable bonds is 8. The van der Waals surface area contributed by atoms with Gasteiger partial charge in [0.2, 0.25) is 5.75 Å². The lowest BCUT2D eigenvalue weighted by atomic mass is 9.99. The summed E-state index contributed by atoms with van der Waals surface area (Å²) in [5, 5.41) is 10.2. The van der Waals surface area contributed by atoms with Crippen molar-refractivity contribution in [3.05, 3.63) is 75.0 Å². The topological polar surface area (TPSA) is 68.7 Å². The Morgan fingerprint density at radius 3 is 2.52 bits per heavy atom. The maximum atomic E-state index is 14.1. The first-order valence-corrected chi connectivity index (χ1v) is 11.4. The van der Waals surface area contributed by atoms with E-state index in [9.17, 15) is 14.3 Å². The number of fused-ring (bicyclic) bond motifs is 1. The highest BCUT2D eigenvalue weighted by Gasteiger charge is 2.25. The zero-order valence-corrected chi connectivity index (χ0v) is 19.5. The van der Waals surface area contributed by atoms with E-state index in [1.54, 1.807) is 29.9 Å². The van der Waals surface area contributed by atoms with Crippen molar-refractivity contribution in [1.82, 2.24) is 4.98 Å². The molecule has 170 valence electrons. The summed E-state index contributed by atoms with van der Waals surface area (Å²) in [7, 11) is 2.96. The van der Waals surface area contributed by atoms with Gasteiger partial charge in [0.05, 0.1) is 19.7 Å². The fourth-order valence-corrected chi connectivity index (χ4v) is 4.74. The summed E-state index contributed by atoms with van der Waals surface area (Å²) in [5.41, 5.74) is 7.10. The first-order chi connectivity index (χ1) is 15.9. The number of carbonyl (C=O) groups excluding carboxylic acids is 1. The number of phenolic OH excluding ortho intramolecular Hbond substituents is 1. The second-order valence-electron chi connectivity index (χ2n) is 7.81. The molecule has 1 aliphatic rings. The third-order valence-corrected chi connectivity index (χ3v) is 6.56. The van der Waals surface area contributed by atoms with E-state index in [0.717, 1.165) is 38.3 Å². The Bertz CT molecular complexity index is 1240. The van der Waals surface area contributed by atoms with Crippen LogP contribution in [0.15, 0.2) is 47.6 Å². The average molecular weight is 466 g/mol. The number of halogens is 1. The van der Waals surface area contributed by atoms with Gasteiger partial charge in [-0.05, 0) is 77.1 Å². The van der Waals surface area contributed by atoms with Gasteiger partial charge in [-0.25, -0.2) is 4.39 Å². The van der Waals surface area contributed by atoms with Crippen LogP contribution >= 0.6 is 11.3 Å². The molecule has 3 aromatic rings. The number of aromatic hydroxyl groups is 1. The molecule has 5 nitrogen and oxygen atoms in total. The molecule has 0 spiro atoms. The monoisotopic (exact) mass is 465 g/mol. The van der Waals surface area contributed by atoms with Crippen LogP contribution in [0.25, 0.3) is 17.2 Å². The van der Waals surface area contributed by atoms with Crippen LogP contribution in [0.5, 0.6) is 17.2 Å². The number of allylic oxidation sites excluding steroid dienone is 3. The zero-order valence-electron chi connectivity index (χ0n) is 18.6. The number of phenols is 1. The predicted molar refractivity (Wildman–Crippen MR) is 128 cm³/mol. The van der Waals surface area contributed by atoms with E-state index in [1.165, 1.54) is 37.7 Å². The van der Waals surface area contributed by atoms with Crippen molar-refractivity contribution >= 4 is 34.3 Å². The Morgan fingerprint density at radius 1 is 1.15 bits per heavy atom. The first kappa shape index (κ1) is 22.7. The number of nitrogens with zero attached hydrogens (tertiary/aromatic N) is 1. The molecule has 1 N–H and O–H groups in total. The fraction of sp³-hybridized carbons (Fsp3) is 0.231. The summed E-state index contributed by atoms with van der Waals surface area (Å²) in [6.07, 6.45) is 4.94. The summed E-state index contributed by atoms with van der Waals surface area (Å²) in [5.74, 6) is 0.346. The summed E-state index contributed by atoms with van der Waals surface area (Å²) in [6.45, 7) is 1.99. The minimum atomic E-state index is -0.316. The minimum absolute atomic E-state index is 0.0663. The van der Waals surface area contributed by atoms with Crippen molar-refractivity contribution in [1.29, 1.82) is 0 Å². The molecule has 1 aliphatic carbocycles. The standard InChI is InChI=1S/C26H24FNO4S/c1-15-20(7-5-18(29)12-19-13-28-14-33-19)23-11-17(27)4-6-21(23)22(15)8-16-9-24(31-2)26(30)25(10-16)32-3/h4,6,8-11,13-14,30H,5,7,12H2,1-3H3. The molecular weight excluding hydrogens is 441 g/mol. The summed E-state index contributed by atoms with van der Waals surface area (Å²) in [4.78, 5) is 17.5. The van der Waals surface area contributed by atoms with E-state index < -0.39 is 0 Å². The third-order valence-electron chi connectivity index (χ3n) is 5.78. The van der Waals surface area contributed by atoms with Crippen molar-refractivity contribution in [2.24, 2.45) is 0 Å². The van der Waals surface area contributed by atoms with Gasteiger partial charge in [-0.1, -0.05) is 6.07 Å². The predicted octanol–water partition coefficient (Wildman–Crippen LogP) is 5.92. The molecule has 7 heteroatoms. The van der Waals surface area contributed by atoms with Gasteiger partial charge in [0.25, 0.3) is 0 Å². The number of aromatic nitrogens is 1. The van der Waals surface area contributed by atoms with Gasteiger partial charge >= 0.3 is 0 Å². The molecule has 0 saturated heterocycles. The Hall–Kier alpha value is -3.45. The molecule has 0 unspecified atom stereocenters. The van der Waals surface area contributed by atoms with Crippen LogP contribution in [0.4, 0.5) is 4.39 Å². The van der Waals surface area contributed by atoms with E-state index in [2.05, 4.69) is 4.98 Å². The lowest BCUT2D eigenvalue weighted by molar-refractivity contribution is -0.118. The zero-order chi connectivity index (χ0) is 23.5. The van der Waals surface area contributed by atoms with Crippen LogP contribution in [0.1, 0.15) is 41.3 Å². The van der Waals surface area contributed by atoms with Gasteiger partial charge in [-0.3, -0.25) is 9.78 Å². The first-order valence-electron chi connectivity index (χ1n) is 10.5. The fourth-order valence-electron chi connectivity index (χ4n) is 4.12. The Balaban J connectivity index is 1.69. The second kappa shape index (κ2) is 9.58. The number of methoxy groups -OCH3 is 2. The molecule has 2 aromatic carbocycles. The molecule has 4 rings (SSSR count). The SMILES string of the molecule is COc1cc(C=C2C(C)=C(CCC(=O)Cc3cncs3)c3cc(F)ccc32)cc(OC)c1O. The van der Waals surface area contributed by atoms with Crippen LogP contribution in [0.3, 0.4) is 0 Å². The molecule has 0 aliphatic heterocycles. The van der Waals surface area contributed by atoms with Crippen molar-refractivity contribution in [2.75, 3.05) is 14.2 Å². The Morgan fingerprint density at radius 2 is 1.88 bits per heavy atom. The van der Waals surface area contributed by atoms with Crippen LogP contribution in [0, 0.1) is 5.82 Å². The summed E-state index contributed by atoms with van der Waals surface area (Å²) in [6, 6.07) is 8.17. The quantitative estimate of drug-likeness (QED) is 0.447. The highest BCUT2D eigenvalue weighted by molar-refractivity contribution is 7.09. The highest BCUT2D eigenvalue weighted by atomic mass is 32.1. The number of ketones is 1. The minimum Gasteiger partial charge on any atom is -0.502 e. The number of benzene rings is 2. The van der Waals surface area contributed by atoms with Gasteiger partial charge in [0, 0.05) is 23.9 Å². The maximum absolute atomic E-state index is 14.1. The lowest BCUT2D eigenvalue weighted by Gasteiger charge is -2.11. The molecule has 0 radical (unpaired) electrons. The number of hydrogen-bond donors (Lipinski definition) is 1. The van der Waals surface area contributed by atoms with Crippen LogP contribution in [-0.2, 0) is 11.2 Å². The normalized spacial score (nSPS) is 14.0. The van der Waals surface area contributed by atoms with E-state index in [4.69, 9.17) is 9.47 Å². The number of thiazole rings is 1. The smallest absolute Gasteiger partial charge is 0.200 e. The number of carbonyl (C=O) groups is 1. The molecule has 0 bridgehead atoms.